The number of amides is 1. The van der Waals surface area contributed by atoms with Crippen molar-refractivity contribution >= 4 is 21.6 Å². The maximum Gasteiger partial charge on any atom is 0.241 e. The van der Waals surface area contributed by atoms with E-state index in [9.17, 15) is 17.6 Å². The van der Waals surface area contributed by atoms with Gasteiger partial charge in [0.25, 0.3) is 0 Å². The molecule has 0 unspecified atom stereocenters. The van der Waals surface area contributed by atoms with Crippen molar-refractivity contribution in [3.63, 3.8) is 0 Å². The van der Waals surface area contributed by atoms with E-state index in [0.29, 0.717) is 28.6 Å². The van der Waals surface area contributed by atoms with Crippen LogP contribution in [0.15, 0.2) is 66.9 Å². The van der Waals surface area contributed by atoms with Crippen molar-refractivity contribution < 1.29 is 27.1 Å². The normalized spacial score (nSPS) is 11.2. The highest BCUT2D eigenvalue weighted by molar-refractivity contribution is 7.93. The molecule has 0 atom stereocenters. The second kappa shape index (κ2) is 10.8. The second-order valence-corrected chi connectivity index (χ2v) is 9.11. The van der Waals surface area contributed by atoms with Gasteiger partial charge in [-0.3, -0.25) is 9.52 Å². The van der Waals surface area contributed by atoms with E-state index < -0.39 is 21.7 Å². The molecule has 0 fully saturated rings. The highest BCUT2D eigenvalue weighted by Gasteiger charge is 2.16. The lowest BCUT2D eigenvalue weighted by molar-refractivity contribution is -0.118. The van der Waals surface area contributed by atoms with Crippen molar-refractivity contribution in [1.29, 1.82) is 0 Å². The summed E-state index contributed by atoms with van der Waals surface area (Å²) in [4.78, 5) is 16.2. The summed E-state index contributed by atoms with van der Waals surface area (Å²) in [7, 11) is -3.88. The number of nitrogens with zero attached hydrogens (tertiary/aromatic N) is 1. The zero-order chi connectivity index (χ0) is 23.8. The van der Waals surface area contributed by atoms with Crippen molar-refractivity contribution in [2.75, 3.05) is 10.5 Å². The second-order valence-electron chi connectivity index (χ2n) is 7.39. The van der Waals surface area contributed by atoms with Crippen molar-refractivity contribution in [2.24, 2.45) is 0 Å². The summed E-state index contributed by atoms with van der Waals surface area (Å²) in [6.07, 6.45) is 1.50. The molecule has 2 N–H and O–H groups in total. The molecule has 1 heterocycles. The van der Waals surface area contributed by atoms with E-state index in [-0.39, 0.29) is 18.5 Å². The molecule has 3 aromatic rings. The Labute approximate surface area is 191 Å². The van der Waals surface area contributed by atoms with E-state index in [1.54, 1.807) is 36.4 Å². The van der Waals surface area contributed by atoms with Crippen LogP contribution in [0.3, 0.4) is 0 Å². The van der Waals surface area contributed by atoms with Crippen LogP contribution in [-0.4, -0.2) is 31.2 Å². The molecule has 8 nitrogen and oxygen atoms in total. The zero-order valence-corrected chi connectivity index (χ0v) is 18.9. The lowest BCUT2D eigenvalue weighted by Crippen LogP contribution is -2.32. The number of sulfonamides is 1. The van der Waals surface area contributed by atoms with Gasteiger partial charge in [-0.15, -0.1) is 0 Å². The molecule has 174 valence electrons. The minimum Gasteiger partial charge on any atom is -0.491 e. The number of carbonyl (C=O) groups is 1. The fraction of sp³-hybridized carbons (Fsp3) is 0.217. The molecular weight excluding hydrogens is 449 g/mol. The number of rotatable bonds is 10. The van der Waals surface area contributed by atoms with Gasteiger partial charge in [0.15, 0.2) is 0 Å². The van der Waals surface area contributed by atoms with Crippen molar-refractivity contribution in [3.8, 4) is 17.4 Å². The molecule has 0 saturated heterocycles. The number of hydrogen-bond acceptors (Lipinski definition) is 6. The van der Waals surface area contributed by atoms with Crippen LogP contribution < -0.4 is 19.5 Å². The fourth-order valence-corrected chi connectivity index (χ4v) is 3.73. The number of aromatic nitrogens is 1. The van der Waals surface area contributed by atoms with E-state index in [1.165, 1.54) is 30.5 Å². The molecule has 0 spiro atoms. The Bertz CT molecular complexity index is 1170. The Morgan fingerprint density at radius 2 is 1.67 bits per heavy atom. The number of pyridine rings is 1. The van der Waals surface area contributed by atoms with Crippen LogP contribution in [0.1, 0.15) is 19.4 Å². The first kappa shape index (κ1) is 24.0. The number of carbonyl (C=O) groups excluding carboxylic acids is 1. The topological polar surface area (TPSA) is 107 Å². The smallest absolute Gasteiger partial charge is 0.241 e. The van der Waals surface area contributed by atoms with E-state index in [1.807, 2.05) is 13.8 Å². The largest absolute Gasteiger partial charge is 0.491 e. The standard InChI is InChI=1S/C23H24FN3O5S/c1-16(2)31-20-10-6-19(7-11-20)27-33(29,30)15-22(28)25-13-17-3-12-23(26-14-17)32-21-8-4-18(24)5-9-21/h3-12,14,16,27H,13,15H2,1-2H3,(H,25,28). The summed E-state index contributed by atoms with van der Waals surface area (Å²) in [5.74, 6) is -0.399. The number of halogens is 1. The first-order valence-electron chi connectivity index (χ1n) is 10.1. The van der Waals surface area contributed by atoms with Crippen LogP contribution in [-0.2, 0) is 21.4 Å². The maximum atomic E-state index is 12.9. The lowest BCUT2D eigenvalue weighted by Gasteiger charge is -2.11. The highest BCUT2D eigenvalue weighted by Crippen LogP contribution is 2.20. The summed E-state index contributed by atoms with van der Waals surface area (Å²) in [5.41, 5.74) is 0.987. The maximum absolute atomic E-state index is 12.9. The molecule has 3 rings (SSSR count). The summed E-state index contributed by atoms with van der Waals surface area (Å²) < 4.78 is 50.9. The molecule has 0 aliphatic carbocycles. The van der Waals surface area contributed by atoms with Gasteiger partial charge >= 0.3 is 0 Å². The summed E-state index contributed by atoms with van der Waals surface area (Å²) in [5, 5.41) is 2.55. The predicted molar refractivity (Wildman–Crippen MR) is 122 cm³/mol. The molecule has 1 amide bonds. The summed E-state index contributed by atoms with van der Waals surface area (Å²) in [6.45, 7) is 3.88. The molecule has 0 aliphatic rings. The van der Waals surface area contributed by atoms with Crippen LogP contribution in [0.25, 0.3) is 0 Å². The molecule has 0 bridgehead atoms. The minimum atomic E-state index is -3.88. The van der Waals surface area contributed by atoms with Crippen LogP contribution in [0, 0.1) is 5.82 Å². The average molecular weight is 474 g/mol. The average Bonchev–Trinajstić information content (AvgIpc) is 2.75. The fourth-order valence-electron chi connectivity index (χ4n) is 2.71. The van der Waals surface area contributed by atoms with Crippen molar-refractivity contribution in [2.45, 2.75) is 26.5 Å². The van der Waals surface area contributed by atoms with Crippen LogP contribution in [0.4, 0.5) is 10.1 Å². The third kappa shape index (κ3) is 8.08. The highest BCUT2D eigenvalue weighted by atomic mass is 32.2. The van der Waals surface area contributed by atoms with Gasteiger partial charge in [0.1, 0.15) is 23.1 Å². The van der Waals surface area contributed by atoms with E-state index in [2.05, 4.69) is 15.0 Å². The van der Waals surface area contributed by atoms with E-state index >= 15 is 0 Å². The Morgan fingerprint density at radius 1 is 1.00 bits per heavy atom. The molecular formula is C23H24FN3O5S. The Morgan fingerprint density at radius 3 is 2.27 bits per heavy atom. The number of ether oxygens (including phenoxy) is 2. The molecule has 1 aromatic heterocycles. The third-order valence-corrected chi connectivity index (χ3v) is 5.33. The zero-order valence-electron chi connectivity index (χ0n) is 18.1. The van der Waals surface area contributed by atoms with Crippen molar-refractivity contribution in [1.82, 2.24) is 10.3 Å². The summed E-state index contributed by atoms with van der Waals surface area (Å²) >= 11 is 0. The Balaban J connectivity index is 1.47. The Kier molecular flexibility index (Phi) is 7.83. The molecule has 10 heteroatoms. The summed E-state index contributed by atoms with van der Waals surface area (Å²) in [6, 6.07) is 15.2. The minimum absolute atomic E-state index is 0.00460. The van der Waals surface area contributed by atoms with Gasteiger partial charge in [-0.2, -0.15) is 0 Å². The third-order valence-electron chi connectivity index (χ3n) is 4.14. The van der Waals surface area contributed by atoms with E-state index in [0.717, 1.165) is 0 Å². The Hall–Kier alpha value is -3.66. The number of hydrogen-bond donors (Lipinski definition) is 2. The van der Waals surface area contributed by atoms with E-state index in [4.69, 9.17) is 9.47 Å². The lowest BCUT2D eigenvalue weighted by atomic mass is 10.3. The van der Waals surface area contributed by atoms with Gasteiger partial charge in [-0.05, 0) is 67.9 Å². The number of nitrogens with one attached hydrogen (secondary N) is 2. The first-order valence-corrected chi connectivity index (χ1v) is 11.8. The molecule has 33 heavy (non-hydrogen) atoms. The first-order chi connectivity index (χ1) is 15.7. The van der Waals surface area contributed by atoms with Gasteiger partial charge in [0.2, 0.25) is 21.8 Å². The molecule has 0 radical (unpaired) electrons. The molecule has 0 aliphatic heterocycles. The SMILES string of the molecule is CC(C)Oc1ccc(NS(=O)(=O)CC(=O)NCc2ccc(Oc3ccc(F)cc3)nc2)cc1. The van der Waals surface area contributed by atoms with Crippen molar-refractivity contribution in [3.05, 3.63) is 78.2 Å². The number of benzene rings is 2. The van der Waals surface area contributed by atoms with Crippen LogP contribution in [0.5, 0.6) is 17.4 Å². The van der Waals surface area contributed by atoms with Gasteiger partial charge < -0.3 is 14.8 Å². The van der Waals surface area contributed by atoms with Crippen LogP contribution >= 0.6 is 0 Å². The van der Waals surface area contributed by atoms with Gasteiger partial charge in [0.05, 0.1) is 6.10 Å². The van der Waals surface area contributed by atoms with Gasteiger partial charge in [0, 0.05) is 24.5 Å². The predicted octanol–water partition coefficient (Wildman–Crippen LogP) is 3.86. The van der Waals surface area contributed by atoms with Gasteiger partial charge in [-0.25, -0.2) is 17.8 Å². The number of anilines is 1. The monoisotopic (exact) mass is 473 g/mol. The molecule has 0 saturated carbocycles. The molecule has 2 aromatic carbocycles. The quantitative estimate of drug-likeness (QED) is 0.463. The van der Waals surface area contributed by atoms with Crippen LogP contribution in [0.2, 0.25) is 0 Å². The van der Waals surface area contributed by atoms with Gasteiger partial charge in [-0.1, -0.05) is 6.07 Å².